The summed E-state index contributed by atoms with van der Waals surface area (Å²) in [4.78, 5) is 2.65. The van der Waals surface area contributed by atoms with Crippen LogP contribution in [0.2, 0.25) is 0 Å². The van der Waals surface area contributed by atoms with Crippen molar-refractivity contribution in [1.82, 2.24) is 10.2 Å². The maximum Gasteiger partial charge on any atom is 0.0348 e. The van der Waals surface area contributed by atoms with E-state index in [1.54, 1.807) is 0 Å². The van der Waals surface area contributed by atoms with Gasteiger partial charge < -0.3 is 5.32 Å². The molecule has 0 aromatic carbocycles. The molecule has 2 aliphatic rings. The number of hydrogen-bond acceptors (Lipinski definition) is 2. The van der Waals surface area contributed by atoms with Crippen LogP contribution in [-0.2, 0) is 0 Å². The lowest BCUT2D eigenvalue weighted by Gasteiger charge is -2.49. The highest BCUT2D eigenvalue weighted by molar-refractivity contribution is 4.93. The number of rotatable bonds is 2. The molecule has 2 heterocycles. The summed E-state index contributed by atoms with van der Waals surface area (Å²) in [6.45, 7) is 6.11. The van der Waals surface area contributed by atoms with Crippen LogP contribution in [0.5, 0.6) is 0 Å². The molecule has 0 bridgehead atoms. The summed E-state index contributed by atoms with van der Waals surface area (Å²) in [5.41, 5.74) is 0. The maximum atomic E-state index is 3.31. The molecule has 0 amide bonds. The Bertz CT molecular complexity index is 110. The van der Waals surface area contributed by atoms with Gasteiger partial charge in [-0.3, -0.25) is 4.90 Å². The predicted molar refractivity (Wildman–Crippen MR) is 42.1 cm³/mol. The fraction of sp³-hybridized carbons (Fsp3) is 1.00. The Balaban J connectivity index is 1.81. The summed E-state index contributed by atoms with van der Waals surface area (Å²) < 4.78 is 0. The molecule has 0 saturated carbocycles. The molecule has 2 fully saturated rings. The van der Waals surface area contributed by atoms with Crippen LogP contribution in [0, 0.1) is 0 Å². The number of nitrogens with one attached hydrogen (secondary N) is 1. The van der Waals surface area contributed by atoms with Crippen LogP contribution in [0.25, 0.3) is 0 Å². The van der Waals surface area contributed by atoms with E-state index in [0.717, 1.165) is 12.1 Å². The van der Waals surface area contributed by atoms with Gasteiger partial charge in [0.15, 0.2) is 0 Å². The second kappa shape index (κ2) is 2.51. The van der Waals surface area contributed by atoms with E-state index in [0.29, 0.717) is 0 Å². The van der Waals surface area contributed by atoms with Crippen LogP contribution in [0.4, 0.5) is 0 Å². The molecular weight excluding hydrogens is 124 g/mol. The van der Waals surface area contributed by atoms with Gasteiger partial charge in [-0.15, -0.1) is 0 Å². The molecule has 2 aliphatic heterocycles. The molecule has 0 aromatic rings. The minimum absolute atomic E-state index is 0.888. The first-order chi connectivity index (χ1) is 4.92. The van der Waals surface area contributed by atoms with E-state index in [4.69, 9.17) is 0 Å². The van der Waals surface area contributed by atoms with Crippen molar-refractivity contribution in [2.45, 2.75) is 31.8 Å². The largest absolute Gasteiger partial charge is 0.314 e. The van der Waals surface area contributed by atoms with Crippen molar-refractivity contribution in [1.29, 1.82) is 0 Å². The van der Waals surface area contributed by atoms with Gasteiger partial charge in [0.1, 0.15) is 0 Å². The van der Waals surface area contributed by atoms with Gasteiger partial charge in [-0.25, -0.2) is 0 Å². The average Bonchev–Trinajstić information content (AvgIpc) is 1.77. The summed E-state index contributed by atoms with van der Waals surface area (Å²) >= 11 is 0. The van der Waals surface area contributed by atoms with E-state index in [2.05, 4.69) is 17.1 Å². The lowest BCUT2D eigenvalue weighted by Crippen LogP contribution is -2.64. The van der Waals surface area contributed by atoms with Crippen molar-refractivity contribution in [3.8, 4) is 0 Å². The maximum absolute atomic E-state index is 3.31. The lowest BCUT2D eigenvalue weighted by molar-refractivity contribution is 0.0155. The second-order valence-electron chi connectivity index (χ2n) is 3.40. The van der Waals surface area contributed by atoms with E-state index < -0.39 is 0 Å². The van der Waals surface area contributed by atoms with Crippen LogP contribution in [-0.4, -0.2) is 36.6 Å². The fourth-order valence-electron chi connectivity index (χ4n) is 1.89. The van der Waals surface area contributed by atoms with Crippen molar-refractivity contribution < 1.29 is 0 Å². The summed E-state index contributed by atoms with van der Waals surface area (Å²) in [5, 5.41) is 3.31. The standard InChI is InChI=1S/C8H16N2/c1-2-7-3-4-10(7)8-5-9-6-8/h7-9H,2-6H2,1H3. The van der Waals surface area contributed by atoms with Gasteiger partial charge in [0.25, 0.3) is 0 Å². The molecule has 0 aliphatic carbocycles. The van der Waals surface area contributed by atoms with Gasteiger partial charge in [0.05, 0.1) is 0 Å². The highest BCUT2D eigenvalue weighted by Crippen LogP contribution is 2.24. The van der Waals surface area contributed by atoms with Crippen LogP contribution in [0.3, 0.4) is 0 Å². The van der Waals surface area contributed by atoms with Gasteiger partial charge in [-0.05, 0) is 12.8 Å². The third-order valence-corrected chi connectivity index (χ3v) is 2.89. The molecule has 0 aromatic heterocycles. The zero-order valence-electron chi connectivity index (χ0n) is 6.64. The Morgan fingerprint density at radius 3 is 2.60 bits per heavy atom. The first-order valence-electron chi connectivity index (χ1n) is 4.38. The van der Waals surface area contributed by atoms with E-state index in [1.807, 2.05) is 0 Å². The van der Waals surface area contributed by atoms with E-state index in [-0.39, 0.29) is 0 Å². The van der Waals surface area contributed by atoms with Gasteiger partial charge >= 0.3 is 0 Å². The minimum atomic E-state index is 0.888. The number of nitrogens with zero attached hydrogens (tertiary/aromatic N) is 1. The van der Waals surface area contributed by atoms with Crippen molar-refractivity contribution in [2.24, 2.45) is 0 Å². The lowest BCUT2D eigenvalue weighted by atomic mass is 9.95. The zero-order chi connectivity index (χ0) is 6.97. The first kappa shape index (κ1) is 6.62. The predicted octanol–water partition coefficient (Wildman–Crippen LogP) is 0.442. The quantitative estimate of drug-likeness (QED) is 0.599. The van der Waals surface area contributed by atoms with Crippen LogP contribution in [0.15, 0.2) is 0 Å². The fourth-order valence-corrected chi connectivity index (χ4v) is 1.89. The smallest absolute Gasteiger partial charge is 0.0348 e. The first-order valence-corrected chi connectivity index (χ1v) is 4.38. The van der Waals surface area contributed by atoms with Crippen molar-refractivity contribution in [3.05, 3.63) is 0 Å². The molecular formula is C8H16N2. The molecule has 1 atom stereocenters. The third-order valence-electron chi connectivity index (χ3n) is 2.89. The molecule has 58 valence electrons. The van der Waals surface area contributed by atoms with Crippen molar-refractivity contribution in [3.63, 3.8) is 0 Å². The number of hydrogen-bond donors (Lipinski definition) is 1. The molecule has 10 heavy (non-hydrogen) atoms. The molecule has 0 spiro atoms. The van der Waals surface area contributed by atoms with Gasteiger partial charge in [-0.1, -0.05) is 6.92 Å². The molecule has 1 N–H and O–H groups in total. The summed E-state index contributed by atoms with van der Waals surface area (Å²) in [6.07, 6.45) is 2.78. The van der Waals surface area contributed by atoms with Crippen LogP contribution in [0.1, 0.15) is 19.8 Å². The average molecular weight is 140 g/mol. The SMILES string of the molecule is CCC1CCN1C1CNC1. The van der Waals surface area contributed by atoms with Gasteiger partial charge in [-0.2, -0.15) is 0 Å². The normalized spacial score (nSPS) is 35.1. The van der Waals surface area contributed by atoms with E-state index >= 15 is 0 Å². The summed E-state index contributed by atoms with van der Waals surface area (Å²) in [7, 11) is 0. The van der Waals surface area contributed by atoms with Gasteiger partial charge in [0, 0.05) is 31.7 Å². The summed E-state index contributed by atoms with van der Waals surface area (Å²) in [5.74, 6) is 0. The Kier molecular flexibility index (Phi) is 1.66. The topological polar surface area (TPSA) is 15.3 Å². The van der Waals surface area contributed by atoms with E-state index in [1.165, 1.54) is 32.5 Å². The number of likely N-dealkylation sites (tertiary alicyclic amines) is 1. The van der Waals surface area contributed by atoms with Crippen molar-refractivity contribution in [2.75, 3.05) is 19.6 Å². The highest BCUT2D eigenvalue weighted by Gasteiger charge is 2.34. The third kappa shape index (κ3) is 0.867. The van der Waals surface area contributed by atoms with E-state index in [9.17, 15) is 0 Å². The molecule has 2 rings (SSSR count). The van der Waals surface area contributed by atoms with Crippen LogP contribution >= 0.6 is 0 Å². The Labute approximate surface area is 62.6 Å². The Hall–Kier alpha value is -0.0800. The molecule has 1 unspecified atom stereocenters. The Morgan fingerprint density at radius 2 is 2.30 bits per heavy atom. The molecule has 2 heteroatoms. The highest BCUT2D eigenvalue weighted by atomic mass is 15.3. The zero-order valence-corrected chi connectivity index (χ0v) is 6.64. The monoisotopic (exact) mass is 140 g/mol. The second-order valence-corrected chi connectivity index (χ2v) is 3.40. The summed E-state index contributed by atoms with van der Waals surface area (Å²) in [6, 6.07) is 1.81. The van der Waals surface area contributed by atoms with Crippen molar-refractivity contribution >= 4 is 0 Å². The molecule has 2 saturated heterocycles. The molecule has 0 radical (unpaired) electrons. The Morgan fingerprint density at radius 1 is 1.50 bits per heavy atom. The minimum Gasteiger partial charge on any atom is -0.314 e. The molecule has 2 nitrogen and oxygen atoms in total. The van der Waals surface area contributed by atoms with Gasteiger partial charge in [0.2, 0.25) is 0 Å². The van der Waals surface area contributed by atoms with Crippen LogP contribution < -0.4 is 5.32 Å².